The van der Waals surface area contributed by atoms with E-state index in [2.05, 4.69) is 5.32 Å². The molecule has 2 aromatic carbocycles. The topological polar surface area (TPSA) is 21.3 Å². The van der Waals surface area contributed by atoms with E-state index < -0.39 is 0 Å². The Balaban J connectivity index is 1.86. The summed E-state index contributed by atoms with van der Waals surface area (Å²) in [5.41, 5.74) is 0.913. The van der Waals surface area contributed by atoms with Gasteiger partial charge in [-0.1, -0.05) is 35.3 Å². The van der Waals surface area contributed by atoms with Gasteiger partial charge >= 0.3 is 0 Å². The highest BCUT2D eigenvalue weighted by molar-refractivity contribution is 6.33. The van der Waals surface area contributed by atoms with Crippen molar-refractivity contribution in [3.63, 3.8) is 0 Å². The number of hydrogen-bond acceptors (Lipinski definition) is 2. The SMILES string of the molecule is C[C@@H](CNc1ccccc1Cl)Oc1ccc(Cl)cc1. The van der Waals surface area contributed by atoms with Gasteiger partial charge in [0.15, 0.2) is 0 Å². The number of anilines is 1. The lowest BCUT2D eigenvalue weighted by Crippen LogP contribution is -2.22. The second-order valence-electron chi connectivity index (χ2n) is 4.24. The molecule has 1 atom stereocenters. The summed E-state index contributed by atoms with van der Waals surface area (Å²) < 4.78 is 5.77. The number of halogens is 2. The molecular weight excluding hydrogens is 281 g/mol. The van der Waals surface area contributed by atoms with Crippen LogP contribution < -0.4 is 10.1 Å². The van der Waals surface area contributed by atoms with Gasteiger partial charge in [0.2, 0.25) is 0 Å². The van der Waals surface area contributed by atoms with E-state index >= 15 is 0 Å². The predicted octanol–water partition coefficient (Wildman–Crippen LogP) is 4.87. The molecular formula is C15H15Cl2NO. The van der Waals surface area contributed by atoms with E-state index in [0.717, 1.165) is 11.4 Å². The fourth-order valence-corrected chi connectivity index (χ4v) is 1.97. The normalized spacial score (nSPS) is 11.9. The maximum Gasteiger partial charge on any atom is 0.119 e. The van der Waals surface area contributed by atoms with Crippen molar-refractivity contribution in [1.82, 2.24) is 0 Å². The molecule has 0 spiro atoms. The molecule has 0 saturated carbocycles. The van der Waals surface area contributed by atoms with E-state index in [-0.39, 0.29) is 6.10 Å². The largest absolute Gasteiger partial charge is 0.489 e. The second kappa shape index (κ2) is 6.69. The van der Waals surface area contributed by atoms with Crippen LogP contribution in [0.4, 0.5) is 5.69 Å². The zero-order chi connectivity index (χ0) is 13.7. The molecule has 0 aliphatic heterocycles. The minimum atomic E-state index is 0.0254. The molecule has 100 valence electrons. The maximum absolute atomic E-state index is 6.07. The van der Waals surface area contributed by atoms with Gasteiger partial charge in [0.25, 0.3) is 0 Å². The third-order valence-corrected chi connectivity index (χ3v) is 3.19. The lowest BCUT2D eigenvalue weighted by atomic mass is 10.3. The molecule has 2 rings (SSSR count). The van der Waals surface area contributed by atoms with E-state index in [1.54, 1.807) is 0 Å². The van der Waals surface area contributed by atoms with E-state index in [1.165, 1.54) is 0 Å². The number of benzene rings is 2. The van der Waals surface area contributed by atoms with Gasteiger partial charge in [0.05, 0.1) is 17.3 Å². The van der Waals surface area contributed by atoms with Crippen molar-refractivity contribution >= 4 is 28.9 Å². The van der Waals surface area contributed by atoms with Gasteiger partial charge in [-0.05, 0) is 43.3 Å². The van der Waals surface area contributed by atoms with Crippen LogP contribution in [0.25, 0.3) is 0 Å². The fourth-order valence-electron chi connectivity index (χ4n) is 1.65. The van der Waals surface area contributed by atoms with Gasteiger partial charge in [-0.2, -0.15) is 0 Å². The Kier molecular flexibility index (Phi) is 4.94. The first-order valence-corrected chi connectivity index (χ1v) is 6.81. The van der Waals surface area contributed by atoms with Crippen LogP contribution in [0.5, 0.6) is 5.75 Å². The first-order valence-electron chi connectivity index (χ1n) is 6.06. The van der Waals surface area contributed by atoms with E-state index in [4.69, 9.17) is 27.9 Å². The van der Waals surface area contributed by atoms with Crippen LogP contribution in [0.15, 0.2) is 48.5 Å². The number of rotatable bonds is 5. The second-order valence-corrected chi connectivity index (χ2v) is 5.09. The Hall–Kier alpha value is -1.38. The molecule has 0 heterocycles. The average Bonchev–Trinajstić information content (AvgIpc) is 2.40. The van der Waals surface area contributed by atoms with Crippen molar-refractivity contribution in [2.24, 2.45) is 0 Å². The smallest absolute Gasteiger partial charge is 0.119 e. The van der Waals surface area contributed by atoms with Crippen LogP contribution in [-0.4, -0.2) is 12.6 Å². The summed E-state index contributed by atoms with van der Waals surface area (Å²) in [6.45, 7) is 2.67. The maximum atomic E-state index is 6.07. The van der Waals surface area contributed by atoms with E-state index in [9.17, 15) is 0 Å². The Morgan fingerprint density at radius 1 is 1.05 bits per heavy atom. The van der Waals surface area contributed by atoms with Gasteiger partial charge in [-0.15, -0.1) is 0 Å². The molecule has 0 aromatic heterocycles. The van der Waals surface area contributed by atoms with Crippen molar-refractivity contribution in [2.45, 2.75) is 13.0 Å². The van der Waals surface area contributed by atoms with Gasteiger partial charge < -0.3 is 10.1 Å². The van der Waals surface area contributed by atoms with Crippen LogP contribution in [-0.2, 0) is 0 Å². The van der Waals surface area contributed by atoms with Crippen molar-refractivity contribution in [1.29, 1.82) is 0 Å². The van der Waals surface area contributed by atoms with Crippen LogP contribution in [0.1, 0.15) is 6.92 Å². The van der Waals surface area contributed by atoms with Crippen molar-refractivity contribution < 1.29 is 4.74 Å². The molecule has 0 bridgehead atoms. The fraction of sp³-hybridized carbons (Fsp3) is 0.200. The van der Waals surface area contributed by atoms with Crippen LogP contribution in [0.3, 0.4) is 0 Å². The molecule has 0 fully saturated rings. The van der Waals surface area contributed by atoms with Crippen molar-refractivity contribution in [3.05, 3.63) is 58.6 Å². The average molecular weight is 296 g/mol. The summed E-state index contributed by atoms with van der Waals surface area (Å²) in [4.78, 5) is 0. The Morgan fingerprint density at radius 2 is 1.74 bits per heavy atom. The molecule has 1 N–H and O–H groups in total. The summed E-state index contributed by atoms with van der Waals surface area (Å²) in [5, 5.41) is 4.67. The zero-order valence-corrected chi connectivity index (χ0v) is 12.1. The molecule has 0 unspecified atom stereocenters. The summed E-state index contributed by atoms with van der Waals surface area (Å²) >= 11 is 11.9. The highest BCUT2D eigenvalue weighted by Crippen LogP contribution is 2.21. The number of para-hydroxylation sites is 1. The Morgan fingerprint density at radius 3 is 2.42 bits per heavy atom. The molecule has 0 radical (unpaired) electrons. The molecule has 2 aromatic rings. The van der Waals surface area contributed by atoms with Crippen molar-refractivity contribution in [3.8, 4) is 5.75 Å². The number of ether oxygens (including phenoxy) is 1. The van der Waals surface area contributed by atoms with Gasteiger partial charge in [0, 0.05) is 5.02 Å². The molecule has 0 saturated heterocycles. The Bertz CT molecular complexity index is 528. The van der Waals surface area contributed by atoms with Gasteiger partial charge in [-0.3, -0.25) is 0 Å². The first kappa shape index (κ1) is 14.0. The van der Waals surface area contributed by atoms with E-state index in [0.29, 0.717) is 16.6 Å². The van der Waals surface area contributed by atoms with Crippen molar-refractivity contribution in [2.75, 3.05) is 11.9 Å². The van der Waals surface area contributed by atoms with Crippen LogP contribution >= 0.6 is 23.2 Å². The van der Waals surface area contributed by atoms with Gasteiger partial charge in [-0.25, -0.2) is 0 Å². The lowest BCUT2D eigenvalue weighted by Gasteiger charge is -2.16. The molecule has 19 heavy (non-hydrogen) atoms. The molecule has 2 nitrogen and oxygen atoms in total. The molecule has 0 aliphatic carbocycles. The van der Waals surface area contributed by atoms with Crippen LogP contribution in [0.2, 0.25) is 10.0 Å². The molecule has 0 aliphatic rings. The van der Waals surface area contributed by atoms with E-state index in [1.807, 2.05) is 55.5 Å². The quantitative estimate of drug-likeness (QED) is 0.849. The number of hydrogen-bond donors (Lipinski definition) is 1. The highest BCUT2D eigenvalue weighted by Gasteiger charge is 2.05. The minimum Gasteiger partial charge on any atom is -0.489 e. The lowest BCUT2D eigenvalue weighted by molar-refractivity contribution is 0.235. The standard InChI is InChI=1S/C15H15Cl2NO/c1-11(19-13-8-6-12(16)7-9-13)10-18-15-5-3-2-4-14(15)17/h2-9,11,18H,10H2,1H3/t11-/m0/s1. The molecule has 0 amide bonds. The Labute approximate surface area is 123 Å². The highest BCUT2D eigenvalue weighted by atomic mass is 35.5. The zero-order valence-electron chi connectivity index (χ0n) is 10.6. The summed E-state index contributed by atoms with van der Waals surface area (Å²) in [7, 11) is 0. The third-order valence-electron chi connectivity index (χ3n) is 2.60. The summed E-state index contributed by atoms with van der Waals surface area (Å²) in [6.07, 6.45) is 0.0254. The van der Waals surface area contributed by atoms with Crippen LogP contribution in [0, 0.1) is 0 Å². The number of nitrogens with one attached hydrogen (secondary N) is 1. The first-order chi connectivity index (χ1) is 9.15. The monoisotopic (exact) mass is 295 g/mol. The summed E-state index contributed by atoms with van der Waals surface area (Å²) in [6, 6.07) is 15.0. The van der Waals surface area contributed by atoms with Gasteiger partial charge in [0.1, 0.15) is 11.9 Å². The minimum absolute atomic E-state index is 0.0254. The summed E-state index contributed by atoms with van der Waals surface area (Å²) in [5.74, 6) is 0.804. The third kappa shape index (κ3) is 4.34. The predicted molar refractivity (Wildman–Crippen MR) is 81.5 cm³/mol. The molecule has 4 heteroatoms.